The molecule has 1 aliphatic rings. The van der Waals surface area contributed by atoms with E-state index in [4.69, 9.17) is 21.4 Å². The van der Waals surface area contributed by atoms with Crippen LogP contribution in [0.15, 0.2) is 18.2 Å². The minimum Gasteiger partial charge on any atom is -0.394 e. The van der Waals surface area contributed by atoms with Gasteiger partial charge in [-0.2, -0.15) is 0 Å². The number of ether oxygens (including phenoxy) is 1. The quantitative estimate of drug-likeness (QED) is 0.772. The topological polar surface area (TPSA) is 65.0 Å². The largest absolute Gasteiger partial charge is 0.394 e. The molecule has 6 heteroatoms. The second-order valence-corrected chi connectivity index (χ2v) is 5.95. The number of rotatable bonds is 5. The number of nitrogens with one attached hydrogen (secondary N) is 1. The Morgan fingerprint density at radius 3 is 2.62 bits per heavy atom. The smallest absolute Gasteiger partial charge is 0.0942 e. The lowest BCUT2D eigenvalue weighted by molar-refractivity contribution is -0.00520. The van der Waals surface area contributed by atoms with Gasteiger partial charge in [-0.1, -0.05) is 11.6 Å². The summed E-state index contributed by atoms with van der Waals surface area (Å²) >= 11 is 6.37. The molecule has 0 spiro atoms. The van der Waals surface area contributed by atoms with E-state index in [0.29, 0.717) is 5.02 Å². The Bertz CT molecular complexity index is 462. The first-order valence-electron chi connectivity index (χ1n) is 7.22. The summed E-state index contributed by atoms with van der Waals surface area (Å²) in [6.07, 6.45) is -0.408. The van der Waals surface area contributed by atoms with Crippen LogP contribution in [0.5, 0.6) is 0 Å². The predicted octanol–water partition coefficient (Wildman–Crippen LogP) is 1.72. The molecule has 3 N–H and O–H groups in total. The Balaban J connectivity index is 2.05. The van der Waals surface area contributed by atoms with Crippen LogP contribution in [0.2, 0.25) is 5.02 Å². The van der Waals surface area contributed by atoms with Crippen LogP contribution in [0.25, 0.3) is 0 Å². The highest BCUT2D eigenvalue weighted by Gasteiger charge is 2.23. The summed E-state index contributed by atoms with van der Waals surface area (Å²) in [4.78, 5) is 2.23. The van der Waals surface area contributed by atoms with Crippen molar-refractivity contribution in [3.63, 3.8) is 0 Å². The highest BCUT2D eigenvalue weighted by Crippen LogP contribution is 2.30. The third-order valence-electron chi connectivity index (χ3n) is 3.46. The van der Waals surface area contributed by atoms with Crippen LogP contribution < -0.4 is 10.2 Å². The lowest BCUT2D eigenvalue weighted by Crippen LogP contribution is -2.45. The Hall–Kier alpha value is -1.01. The summed E-state index contributed by atoms with van der Waals surface area (Å²) in [5, 5.41) is 21.8. The van der Waals surface area contributed by atoms with Crippen molar-refractivity contribution in [3.8, 4) is 0 Å². The highest BCUT2D eigenvalue weighted by molar-refractivity contribution is 6.33. The van der Waals surface area contributed by atoms with Crippen molar-refractivity contribution < 1.29 is 14.9 Å². The molecule has 1 aromatic rings. The fourth-order valence-electron chi connectivity index (χ4n) is 2.55. The Morgan fingerprint density at radius 1 is 1.38 bits per heavy atom. The monoisotopic (exact) mass is 314 g/mol. The summed E-state index contributed by atoms with van der Waals surface area (Å²) in [6.45, 7) is 5.78. The maximum Gasteiger partial charge on any atom is 0.0942 e. The number of aliphatic hydroxyl groups excluding tert-OH is 2. The van der Waals surface area contributed by atoms with E-state index in [0.717, 1.165) is 24.5 Å². The summed E-state index contributed by atoms with van der Waals surface area (Å²) in [5.41, 5.74) is 1.82. The number of anilines is 2. The first kappa shape index (κ1) is 16.4. The van der Waals surface area contributed by atoms with Crippen molar-refractivity contribution in [2.45, 2.75) is 32.2 Å². The van der Waals surface area contributed by atoms with Crippen molar-refractivity contribution in [2.75, 3.05) is 36.5 Å². The maximum atomic E-state index is 9.34. The zero-order valence-electron chi connectivity index (χ0n) is 12.4. The fourth-order valence-corrected chi connectivity index (χ4v) is 2.85. The third-order valence-corrected chi connectivity index (χ3v) is 3.76. The van der Waals surface area contributed by atoms with Gasteiger partial charge in [0, 0.05) is 25.3 Å². The van der Waals surface area contributed by atoms with E-state index in [9.17, 15) is 5.11 Å². The number of aliphatic hydroxyl groups is 2. The fraction of sp³-hybridized carbons (Fsp3) is 0.600. The Labute approximate surface area is 130 Å². The molecule has 1 fully saturated rings. The highest BCUT2D eigenvalue weighted by atomic mass is 35.5. The molecule has 1 saturated heterocycles. The zero-order valence-corrected chi connectivity index (χ0v) is 13.2. The normalized spacial score (nSPS) is 24.0. The van der Waals surface area contributed by atoms with Gasteiger partial charge in [0.05, 0.1) is 35.6 Å². The number of hydrogen-bond acceptors (Lipinski definition) is 5. The van der Waals surface area contributed by atoms with E-state index in [2.05, 4.69) is 24.1 Å². The molecule has 5 nitrogen and oxygen atoms in total. The van der Waals surface area contributed by atoms with E-state index < -0.39 is 6.10 Å². The van der Waals surface area contributed by atoms with E-state index in [1.165, 1.54) is 0 Å². The number of nitrogens with zero attached hydrogens (tertiary/aromatic N) is 1. The molecule has 118 valence electrons. The van der Waals surface area contributed by atoms with Crippen molar-refractivity contribution >= 4 is 23.0 Å². The van der Waals surface area contributed by atoms with Gasteiger partial charge in [0.1, 0.15) is 0 Å². The molecular formula is C15H23ClN2O3. The van der Waals surface area contributed by atoms with Crippen LogP contribution in [-0.2, 0) is 4.74 Å². The molecule has 0 amide bonds. The van der Waals surface area contributed by atoms with Gasteiger partial charge < -0.3 is 25.2 Å². The van der Waals surface area contributed by atoms with Gasteiger partial charge in [-0.05, 0) is 32.0 Å². The van der Waals surface area contributed by atoms with E-state index in [1.807, 2.05) is 18.2 Å². The summed E-state index contributed by atoms with van der Waals surface area (Å²) in [6, 6.07) is 5.74. The van der Waals surface area contributed by atoms with E-state index in [-0.39, 0.29) is 25.4 Å². The molecule has 1 aliphatic heterocycles. The van der Waals surface area contributed by atoms with Crippen molar-refractivity contribution in [3.05, 3.63) is 23.2 Å². The second-order valence-electron chi connectivity index (χ2n) is 5.55. The summed E-state index contributed by atoms with van der Waals surface area (Å²) < 4.78 is 5.73. The van der Waals surface area contributed by atoms with Crippen molar-refractivity contribution in [1.82, 2.24) is 0 Å². The van der Waals surface area contributed by atoms with Gasteiger partial charge in [0.2, 0.25) is 0 Å². The minimum absolute atomic E-state index is 0.183. The van der Waals surface area contributed by atoms with Crippen LogP contribution in [0.3, 0.4) is 0 Å². The van der Waals surface area contributed by atoms with Gasteiger partial charge in [0.15, 0.2) is 0 Å². The average molecular weight is 315 g/mol. The molecule has 0 aromatic heterocycles. The molecule has 0 radical (unpaired) electrons. The van der Waals surface area contributed by atoms with Gasteiger partial charge in [0.25, 0.3) is 0 Å². The molecule has 21 heavy (non-hydrogen) atoms. The van der Waals surface area contributed by atoms with E-state index >= 15 is 0 Å². The average Bonchev–Trinajstić information content (AvgIpc) is 2.43. The number of hydrogen-bond donors (Lipinski definition) is 3. The van der Waals surface area contributed by atoms with Crippen LogP contribution in [0.4, 0.5) is 11.4 Å². The SMILES string of the molecule is CC1CN(c2ccc(NCC(O)CO)cc2Cl)CC(C)O1. The third kappa shape index (κ3) is 4.48. The molecule has 0 bridgehead atoms. The van der Waals surface area contributed by atoms with Crippen molar-refractivity contribution in [2.24, 2.45) is 0 Å². The van der Waals surface area contributed by atoms with Crippen LogP contribution in [-0.4, -0.2) is 54.8 Å². The lowest BCUT2D eigenvalue weighted by Gasteiger charge is -2.37. The molecule has 2 rings (SSSR count). The van der Waals surface area contributed by atoms with Gasteiger partial charge in [-0.3, -0.25) is 0 Å². The molecular weight excluding hydrogens is 292 g/mol. The molecule has 0 saturated carbocycles. The first-order valence-corrected chi connectivity index (χ1v) is 7.60. The molecule has 1 aromatic carbocycles. The predicted molar refractivity (Wildman–Crippen MR) is 85.3 cm³/mol. The molecule has 3 atom stereocenters. The first-order chi connectivity index (χ1) is 9.99. The standard InChI is InChI=1S/C15H23ClN2O3/c1-10-7-18(8-11(2)21-10)15-4-3-12(5-14(15)16)17-6-13(20)9-19/h3-5,10-11,13,17,19-20H,6-9H2,1-2H3. The van der Waals surface area contributed by atoms with Gasteiger partial charge in [-0.15, -0.1) is 0 Å². The second kappa shape index (κ2) is 7.31. The van der Waals surface area contributed by atoms with E-state index in [1.54, 1.807) is 0 Å². The summed E-state index contributed by atoms with van der Waals surface area (Å²) in [5.74, 6) is 0. The Morgan fingerprint density at radius 2 is 2.05 bits per heavy atom. The summed E-state index contributed by atoms with van der Waals surface area (Å²) in [7, 11) is 0. The van der Waals surface area contributed by atoms with Crippen molar-refractivity contribution in [1.29, 1.82) is 0 Å². The van der Waals surface area contributed by atoms with Crippen LogP contribution >= 0.6 is 11.6 Å². The van der Waals surface area contributed by atoms with Crippen LogP contribution in [0, 0.1) is 0 Å². The Kier molecular flexibility index (Phi) is 5.70. The van der Waals surface area contributed by atoms with Crippen LogP contribution in [0.1, 0.15) is 13.8 Å². The molecule has 3 unspecified atom stereocenters. The zero-order chi connectivity index (χ0) is 15.4. The number of morpholine rings is 1. The molecule has 0 aliphatic carbocycles. The lowest BCUT2D eigenvalue weighted by atomic mass is 10.2. The van der Waals surface area contributed by atoms with Gasteiger partial charge in [-0.25, -0.2) is 0 Å². The molecule has 1 heterocycles. The minimum atomic E-state index is -0.774. The number of halogens is 1. The van der Waals surface area contributed by atoms with Gasteiger partial charge >= 0.3 is 0 Å². The number of benzene rings is 1. The maximum absolute atomic E-state index is 9.34.